The Morgan fingerprint density at radius 1 is 0.925 bits per heavy atom. The molecule has 1 aromatic heterocycles. The van der Waals surface area contributed by atoms with Gasteiger partial charge in [0.1, 0.15) is 5.75 Å². The van der Waals surface area contributed by atoms with E-state index in [-0.39, 0.29) is 5.91 Å². The molecule has 1 fully saturated rings. The number of ether oxygens (including phenoxy) is 1. The average Bonchev–Trinajstić information content (AvgIpc) is 3.26. The van der Waals surface area contributed by atoms with Crippen molar-refractivity contribution in [3.63, 3.8) is 0 Å². The van der Waals surface area contributed by atoms with Crippen molar-refractivity contribution in [2.45, 2.75) is 27.3 Å². The van der Waals surface area contributed by atoms with Crippen LogP contribution in [0.1, 0.15) is 38.4 Å². The molecule has 2 heterocycles. The fourth-order valence-corrected chi connectivity index (χ4v) is 5.37. The second kappa shape index (κ2) is 12.2. The van der Waals surface area contributed by atoms with Gasteiger partial charge in [-0.2, -0.15) is 5.10 Å². The molecule has 0 spiro atoms. The first-order valence-electron chi connectivity index (χ1n) is 13.7. The average molecular weight is 536 g/mol. The van der Waals surface area contributed by atoms with Gasteiger partial charge in [-0.3, -0.25) is 9.69 Å². The van der Waals surface area contributed by atoms with Gasteiger partial charge in [0.25, 0.3) is 5.91 Å². The highest BCUT2D eigenvalue weighted by atomic mass is 16.5. The number of nitrogens with zero attached hydrogens (tertiary/aromatic N) is 4. The maximum atomic E-state index is 12.7. The molecular formula is C33H37N5O2. The summed E-state index contributed by atoms with van der Waals surface area (Å²) in [6.45, 7) is 10.9. The Morgan fingerprint density at radius 3 is 2.40 bits per heavy atom. The van der Waals surface area contributed by atoms with Crippen molar-refractivity contribution in [1.82, 2.24) is 14.9 Å². The van der Waals surface area contributed by atoms with Gasteiger partial charge in [-0.05, 0) is 74.4 Å². The molecule has 3 aromatic carbocycles. The summed E-state index contributed by atoms with van der Waals surface area (Å²) in [6.07, 6.45) is 1.71. The summed E-state index contributed by atoms with van der Waals surface area (Å²) in [5.74, 6) is 0.695. The molecule has 0 radical (unpaired) electrons. The van der Waals surface area contributed by atoms with Crippen LogP contribution in [0.3, 0.4) is 0 Å². The summed E-state index contributed by atoms with van der Waals surface area (Å²) in [7, 11) is 1.72. The number of methoxy groups -OCH3 is 1. The van der Waals surface area contributed by atoms with Crippen LogP contribution in [0, 0.1) is 20.8 Å². The monoisotopic (exact) mass is 535 g/mol. The molecule has 7 heteroatoms. The van der Waals surface area contributed by atoms with Crippen LogP contribution in [0.4, 0.5) is 5.69 Å². The highest BCUT2D eigenvalue weighted by molar-refractivity contribution is 5.95. The summed E-state index contributed by atoms with van der Waals surface area (Å²) in [4.78, 5) is 17.5. The van der Waals surface area contributed by atoms with Gasteiger partial charge >= 0.3 is 0 Å². The second-order valence-corrected chi connectivity index (χ2v) is 10.3. The molecule has 40 heavy (non-hydrogen) atoms. The van der Waals surface area contributed by atoms with E-state index in [2.05, 4.69) is 88.1 Å². The smallest absolute Gasteiger partial charge is 0.271 e. The van der Waals surface area contributed by atoms with Gasteiger partial charge in [0.15, 0.2) is 0 Å². The van der Waals surface area contributed by atoms with E-state index in [1.54, 1.807) is 13.3 Å². The van der Waals surface area contributed by atoms with Gasteiger partial charge in [0, 0.05) is 60.9 Å². The van der Waals surface area contributed by atoms with Gasteiger partial charge in [0.05, 0.1) is 19.0 Å². The van der Waals surface area contributed by atoms with E-state index < -0.39 is 0 Å². The summed E-state index contributed by atoms with van der Waals surface area (Å²) in [6, 6.07) is 26.5. The van der Waals surface area contributed by atoms with Crippen LogP contribution < -0.4 is 15.1 Å². The number of piperazine rings is 1. The van der Waals surface area contributed by atoms with Crippen molar-refractivity contribution >= 4 is 17.8 Å². The molecule has 0 atom stereocenters. The lowest BCUT2D eigenvalue weighted by molar-refractivity contribution is 0.0955. The standard InChI is InChI=1S/C33H37N5O2/c1-24-8-7-9-30(20-24)38-25(2)21-29(26(38)3)22-34-35-33(39)28-14-12-27(13-15-28)23-36-16-18-37(19-17-36)31-10-5-6-11-32(31)40-4/h5-15,20-22H,16-19,23H2,1-4H3,(H,35,39)/b34-22-. The van der Waals surface area contributed by atoms with Crippen molar-refractivity contribution in [1.29, 1.82) is 0 Å². The number of hydrogen-bond acceptors (Lipinski definition) is 5. The Morgan fingerprint density at radius 2 is 1.68 bits per heavy atom. The fourth-order valence-electron chi connectivity index (χ4n) is 5.37. The van der Waals surface area contributed by atoms with Crippen LogP contribution in [0.2, 0.25) is 0 Å². The zero-order valence-electron chi connectivity index (χ0n) is 23.7. The van der Waals surface area contributed by atoms with Crippen LogP contribution in [-0.2, 0) is 6.54 Å². The normalized spacial score (nSPS) is 14.1. The van der Waals surface area contributed by atoms with Gasteiger partial charge < -0.3 is 14.2 Å². The lowest BCUT2D eigenvalue weighted by atomic mass is 10.1. The van der Waals surface area contributed by atoms with Crippen molar-refractivity contribution in [2.24, 2.45) is 5.10 Å². The molecule has 0 bridgehead atoms. The van der Waals surface area contributed by atoms with Crippen LogP contribution in [-0.4, -0.2) is 54.9 Å². The minimum Gasteiger partial charge on any atom is -0.495 e. The van der Waals surface area contributed by atoms with Crippen LogP contribution in [0.25, 0.3) is 5.69 Å². The molecule has 1 aliphatic rings. The number of anilines is 1. The van der Waals surface area contributed by atoms with E-state index in [1.165, 1.54) is 11.1 Å². The molecule has 206 valence electrons. The Balaban J connectivity index is 1.14. The third kappa shape index (κ3) is 6.10. The molecule has 1 aliphatic heterocycles. The number of nitrogens with one attached hydrogen (secondary N) is 1. The lowest BCUT2D eigenvalue weighted by Gasteiger charge is -2.36. The van der Waals surface area contributed by atoms with E-state index in [9.17, 15) is 4.79 Å². The Hall–Kier alpha value is -4.36. The number of para-hydroxylation sites is 2. The predicted molar refractivity (Wildman–Crippen MR) is 162 cm³/mol. The van der Waals surface area contributed by atoms with E-state index in [4.69, 9.17) is 4.74 Å². The van der Waals surface area contributed by atoms with E-state index >= 15 is 0 Å². The topological polar surface area (TPSA) is 62.1 Å². The molecule has 1 amide bonds. The van der Waals surface area contributed by atoms with Crippen molar-refractivity contribution in [2.75, 3.05) is 38.2 Å². The second-order valence-electron chi connectivity index (χ2n) is 10.3. The van der Waals surface area contributed by atoms with Gasteiger partial charge in [-0.25, -0.2) is 5.43 Å². The number of hydrazone groups is 1. The first-order valence-corrected chi connectivity index (χ1v) is 13.7. The molecule has 5 rings (SSSR count). The predicted octanol–water partition coefficient (Wildman–Crippen LogP) is 5.50. The quantitative estimate of drug-likeness (QED) is 0.239. The molecule has 1 N–H and O–H groups in total. The minimum absolute atomic E-state index is 0.222. The molecule has 0 unspecified atom stereocenters. The first kappa shape index (κ1) is 27.2. The molecule has 1 saturated heterocycles. The highest BCUT2D eigenvalue weighted by Gasteiger charge is 2.19. The lowest BCUT2D eigenvalue weighted by Crippen LogP contribution is -2.46. The molecule has 4 aromatic rings. The number of hydrogen-bond donors (Lipinski definition) is 1. The zero-order valence-corrected chi connectivity index (χ0v) is 23.7. The van der Waals surface area contributed by atoms with E-state index in [0.717, 1.165) is 66.8 Å². The van der Waals surface area contributed by atoms with Gasteiger partial charge in [0.2, 0.25) is 0 Å². The van der Waals surface area contributed by atoms with E-state index in [1.807, 2.05) is 36.4 Å². The van der Waals surface area contributed by atoms with Crippen molar-refractivity contribution in [3.8, 4) is 11.4 Å². The van der Waals surface area contributed by atoms with Crippen LogP contribution in [0.5, 0.6) is 5.75 Å². The maximum Gasteiger partial charge on any atom is 0.271 e. The summed E-state index contributed by atoms with van der Waals surface area (Å²) < 4.78 is 7.73. The largest absolute Gasteiger partial charge is 0.495 e. The number of aryl methyl sites for hydroxylation is 2. The van der Waals surface area contributed by atoms with Crippen LogP contribution in [0.15, 0.2) is 84.0 Å². The van der Waals surface area contributed by atoms with Crippen molar-refractivity contribution in [3.05, 3.63) is 113 Å². The Bertz CT molecular complexity index is 1500. The highest BCUT2D eigenvalue weighted by Crippen LogP contribution is 2.28. The molecular weight excluding hydrogens is 498 g/mol. The van der Waals surface area contributed by atoms with Gasteiger partial charge in [-0.1, -0.05) is 36.4 Å². The summed E-state index contributed by atoms with van der Waals surface area (Å²) in [5, 5.41) is 4.25. The summed E-state index contributed by atoms with van der Waals surface area (Å²) in [5.41, 5.74) is 11.1. The number of aromatic nitrogens is 1. The Labute approximate surface area is 236 Å². The fraction of sp³-hybridized carbons (Fsp3) is 0.273. The SMILES string of the molecule is COc1ccccc1N1CCN(Cc2ccc(C(=O)N/N=C\c3cc(C)n(-c4cccc(C)c4)c3C)cc2)CC1. The Kier molecular flexibility index (Phi) is 8.31. The minimum atomic E-state index is -0.222. The van der Waals surface area contributed by atoms with Crippen LogP contribution >= 0.6 is 0 Å². The number of amides is 1. The first-order chi connectivity index (χ1) is 19.4. The molecule has 0 saturated carbocycles. The number of rotatable bonds is 8. The van der Waals surface area contributed by atoms with Crippen molar-refractivity contribution < 1.29 is 9.53 Å². The third-order valence-electron chi connectivity index (χ3n) is 7.52. The summed E-state index contributed by atoms with van der Waals surface area (Å²) >= 11 is 0. The molecule has 7 nitrogen and oxygen atoms in total. The number of carbonyl (C=O) groups excluding carboxylic acids is 1. The third-order valence-corrected chi connectivity index (χ3v) is 7.52. The molecule has 0 aliphatic carbocycles. The van der Waals surface area contributed by atoms with E-state index in [0.29, 0.717) is 5.56 Å². The van der Waals surface area contributed by atoms with Gasteiger partial charge in [-0.15, -0.1) is 0 Å². The zero-order chi connectivity index (χ0) is 28.1. The maximum absolute atomic E-state index is 12.7. The number of carbonyl (C=O) groups is 1. The number of benzene rings is 3.